The molecule has 0 saturated heterocycles. The van der Waals surface area contributed by atoms with Gasteiger partial charge in [-0.05, 0) is 33.8 Å². The minimum Gasteiger partial charge on any atom is -0.352 e. The summed E-state index contributed by atoms with van der Waals surface area (Å²) in [6.45, 7) is 2.47. The Morgan fingerprint density at radius 2 is 2.26 bits per heavy atom. The first kappa shape index (κ1) is 16.0. The lowest BCUT2D eigenvalue weighted by atomic mass is 10.1. The van der Waals surface area contributed by atoms with E-state index in [9.17, 15) is 9.59 Å². The van der Waals surface area contributed by atoms with Crippen molar-refractivity contribution >= 4 is 39.2 Å². The normalized spacial score (nSPS) is 11.9. The van der Waals surface area contributed by atoms with Crippen LogP contribution in [-0.2, 0) is 11.3 Å². The van der Waals surface area contributed by atoms with Gasteiger partial charge in [0.1, 0.15) is 6.04 Å². The summed E-state index contributed by atoms with van der Waals surface area (Å²) >= 11 is 5.02. The van der Waals surface area contributed by atoms with Crippen LogP contribution in [0.4, 0.5) is 4.79 Å². The van der Waals surface area contributed by atoms with E-state index >= 15 is 0 Å². The van der Waals surface area contributed by atoms with Crippen molar-refractivity contribution in [1.82, 2.24) is 10.2 Å². The van der Waals surface area contributed by atoms with Gasteiger partial charge < -0.3 is 16.0 Å². The zero-order valence-electron chi connectivity index (χ0n) is 11.0. The second-order valence-corrected chi connectivity index (χ2v) is 6.09. The summed E-state index contributed by atoms with van der Waals surface area (Å²) in [5.41, 5.74) is 5.10. The van der Waals surface area contributed by atoms with Gasteiger partial charge in [0.05, 0.1) is 6.54 Å². The lowest BCUT2D eigenvalue weighted by Gasteiger charge is -2.23. The number of carbonyl (C=O) groups is 2. The maximum Gasteiger partial charge on any atom is 0.312 e. The number of nitrogens with two attached hydrogens (primary N) is 1. The average molecular weight is 348 g/mol. The number of primary amides is 1. The first-order chi connectivity index (χ1) is 8.95. The second-order valence-electron chi connectivity index (χ2n) is 4.24. The minimum absolute atomic E-state index is 0.124. The lowest BCUT2D eigenvalue weighted by Crippen LogP contribution is -2.48. The molecule has 106 valence electrons. The molecule has 0 fully saturated rings. The Morgan fingerprint density at radius 1 is 1.58 bits per heavy atom. The topological polar surface area (TPSA) is 75.4 Å². The molecular weight excluding hydrogens is 330 g/mol. The van der Waals surface area contributed by atoms with Crippen LogP contribution in [0.5, 0.6) is 0 Å². The molecule has 0 aliphatic carbocycles. The molecule has 5 nitrogen and oxygen atoms in total. The number of rotatable bonds is 6. The van der Waals surface area contributed by atoms with Gasteiger partial charge in [0.15, 0.2) is 0 Å². The molecule has 1 aromatic rings. The minimum atomic E-state index is -0.669. The molecule has 1 atom stereocenters. The van der Waals surface area contributed by atoms with Crippen molar-refractivity contribution in [3.8, 4) is 0 Å². The van der Waals surface area contributed by atoms with Gasteiger partial charge in [0.2, 0.25) is 5.91 Å². The highest BCUT2D eigenvalue weighted by molar-refractivity contribution is 9.10. The molecule has 3 N–H and O–H groups in total. The third-order valence-corrected chi connectivity index (χ3v) is 4.55. The molecule has 3 amide bonds. The van der Waals surface area contributed by atoms with E-state index in [0.717, 1.165) is 15.8 Å². The van der Waals surface area contributed by atoms with E-state index in [2.05, 4.69) is 21.2 Å². The highest BCUT2D eigenvalue weighted by Crippen LogP contribution is 2.24. The molecule has 0 unspecified atom stereocenters. The largest absolute Gasteiger partial charge is 0.352 e. The Morgan fingerprint density at radius 3 is 2.74 bits per heavy atom. The van der Waals surface area contributed by atoms with Crippen molar-refractivity contribution in [2.75, 3.05) is 7.05 Å². The van der Waals surface area contributed by atoms with Crippen LogP contribution in [0.15, 0.2) is 15.9 Å². The van der Waals surface area contributed by atoms with Crippen molar-refractivity contribution in [3.05, 3.63) is 20.8 Å². The molecule has 0 aliphatic rings. The van der Waals surface area contributed by atoms with Crippen molar-refractivity contribution in [2.45, 2.75) is 32.4 Å². The van der Waals surface area contributed by atoms with Crippen LogP contribution >= 0.6 is 27.3 Å². The molecule has 0 saturated carbocycles. The molecule has 7 heteroatoms. The van der Waals surface area contributed by atoms with Crippen LogP contribution in [0, 0.1) is 0 Å². The highest BCUT2D eigenvalue weighted by Gasteiger charge is 2.23. The molecule has 0 aromatic carbocycles. The van der Waals surface area contributed by atoms with Crippen LogP contribution in [-0.4, -0.2) is 29.9 Å². The number of hydrogen-bond donors (Lipinski definition) is 2. The van der Waals surface area contributed by atoms with Gasteiger partial charge in [-0.2, -0.15) is 0 Å². The highest BCUT2D eigenvalue weighted by atomic mass is 79.9. The van der Waals surface area contributed by atoms with Crippen LogP contribution in [0.25, 0.3) is 0 Å². The lowest BCUT2D eigenvalue weighted by molar-refractivity contribution is -0.132. The van der Waals surface area contributed by atoms with Crippen molar-refractivity contribution in [3.63, 3.8) is 0 Å². The number of nitrogens with zero attached hydrogens (tertiary/aromatic N) is 1. The van der Waals surface area contributed by atoms with Crippen LogP contribution in [0.3, 0.4) is 0 Å². The number of carbonyl (C=O) groups excluding carboxylic acids is 2. The van der Waals surface area contributed by atoms with E-state index in [1.165, 1.54) is 0 Å². The number of urea groups is 1. The third-order valence-electron chi connectivity index (χ3n) is 2.64. The van der Waals surface area contributed by atoms with E-state index < -0.39 is 12.1 Å². The molecular formula is C12H18BrN3O2S. The monoisotopic (exact) mass is 347 g/mol. The Labute approximate surface area is 125 Å². The fraction of sp³-hybridized carbons (Fsp3) is 0.500. The summed E-state index contributed by atoms with van der Waals surface area (Å²) in [6.07, 6.45) is 1.38. The Hall–Kier alpha value is -1.08. The van der Waals surface area contributed by atoms with Gasteiger partial charge in [-0.15, -0.1) is 11.3 Å². The maximum absolute atomic E-state index is 12.3. The second kappa shape index (κ2) is 7.49. The van der Waals surface area contributed by atoms with Crippen LogP contribution < -0.4 is 11.1 Å². The van der Waals surface area contributed by atoms with E-state index in [4.69, 9.17) is 5.73 Å². The van der Waals surface area contributed by atoms with Crippen molar-refractivity contribution < 1.29 is 9.59 Å². The smallest absolute Gasteiger partial charge is 0.312 e. The standard InChI is InChI=1S/C12H18BrN3O2S/c1-3-4-9(15-12(14)18)11(17)16(2)7-10-8(13)5-6-19-10/h5-6,9H,3-4,7H2,1-2H3,(H3,14,15,18)/t9-/m1/s1. The fourth-order valence-corrected chi connectivity index (χ4v) is 3.25. The Bertz CT molecular complexity index is 450. The predicted molar refractivity (Wildman–Crippen MR) is 79.9 cm³/mol. The van der Waals surface area contributed by atoms with Crippen molar-refractivity contribution in [1.29, 1.82) is 0 Å². The Balaban J connectivity index is 2.67. The summed E-state index contributed by atoms with van der Waals surface area (Å²) in [4.78, 5) is 25.8. The molecule has 1 rings (SSSR count). The SMILES string of the molecule is CCC[C@@H](NC(N)=O)C(=O)N(C)Cc1sccc1Br. The van der Waals surface area contributed by atoms with Crippen LogP contribution in [0.1, 0.15) is 24.6 Å². The number of likely N-dealkylation sites (N-methyl/N-ethyl adjacent to an activating group) is 1. The van der Waals surface area contributed by atoms with E-state index in [1.54, 1.807) is 23.3 Å². The van der Waals surface area contributed by atoms with Gasteiger partial charge in [-0.25, -0.2) is 4.79 Å². The fourth-order valence-electron chi connectivity index (χ4n) is 1.72. The summed E-state index contributed by atoms with van der Waals surface area (Å²) in [5, 5.41) is 4.46. The predicted octanol–water partition coefficient (Wildman–Crippen LogP) is 2.31. The summed E-state index contributed by atoms with van der Waals surface area (Å²) in [5.74, 6) is -0.124. The summed E-state index contributed by atoms with van der Waals surface area (Å²) in [6, 6.07) is 0.729. The van der Waals surface area contributed by atoms with Crippen LogP contribution in [0.2, 0.25) is 0 Å². The third kappa shape index (κ3) is 4.83. The summed E-state index contributed by atoms with van der Waals surface area (Å²) < 4.78 is 0.993. The molecule has 19 heavy (non-hydrogen) atoms. The zero-order valence-corrected chi connectivity index (χ0v) is 13.4. The van der Waals surface area contributed by atoms with E-state index in [0.29, 0.717) is 13.0 Å². The molecule has 0 spiro atoms. The molecule has 0 aliphatic heterocycles. The van der Waals surface area contributed by atoms with Gasteiger partial charge >= 0.3 is 6.03 Å². The van der Waals surface area contributed by atoms with Crippen molar-refractivity contribution in [2.24, 2.45) is 5.73 Å². The molecule has 0 bridgehead atoms. The first-order valence-corrected chi connectivity index (χ1v) is 7.65. The quantitative estimate of drug-likeness (QED) is 0.828. The number of amides is 3. The molecule has 1 aromatic heterocycles. The average Bonchev–Trinajstić information content (AvgIpc) is 2.73. The number of hydrogen-bond acceptors (Lipinski definition) is 3. The Kier molecular flexibility index (Phi) is 6.30. The molecule has 1 heterocycles. The van der Waals surface area contributed by atoms with Gasteiger partial charge in [-0.3, -0.25) is 4.79 Å². The van der Waals surface area contributed by atoms with E-state index in [1.807, 2.05) is 18.4 Å². The van der Waals surface area contributed by atoms with Gasteiger partial charge in [-0.1, -0.05) is 13.3 Å². The summed E-state index contributed by atoms with van der Waals surface area (Å²) in [7, 11) is 1.72. The van der Waals surface area contributed by atoms with Gasteiger partial charge in [0.25, 0.3) is 0 Å². The zero-order chi connectivity index (χ0) is 14.4. The van der Waals surface area contributed by atoms with E-state index in [-0.39, 0.29) is 5.91 Å². The number of halogens is 1. The first-order valence-electron chi connectivity index (χ1n) is 5.98. The number of thiophene rings is 1. The molecule has 0 radical (unpaired) electrons. The maximum atomic E-state index is 12.3. The number of nitrogens with one attached hydrogen (secondary N) is 1. The van der Waals surface area contributed by atoms with Gasteiger partial charge in [0, 0.05) is 16.4 Å².